The molecular weight excluding hydrogens is 373 g/mol. The highest BCUT2D eigenvalue weighted by Gasteiger charge is 2.28. The molecule has 0 bridgehead atoms. The van der Waals surface area contributed by atoms with E-state index in [1.165, 1.54) is 0 Å². The molecule has 0 aromatic carbocycles. The van der Waals surface area contributed by atoms with Crippen LogP contribution in [0.15, 0.2) is 35.6 Å². The Morgan fingerprint density at radius 2 is 2.12 bits per heavy atom. The van der Waals surface area contributed by atoms with E-state index in [1.54, 1.807) is 6.20 Å². The van der Waals surface area contributed by atoms with Crippen molar-refractivity contribution in [1.29, 1.82) is 0 Å². The molecule has 7 nitrogen and oxygen atoms in total. The van der Waals surface area contributed by atoms with Crippen LogP contribution in [0.1, 0.15) is 12.2 Å². The van der Waals surface area contributed by atoms with Gasteiger partial charge in [0.25, 0.3) is 0 Å². The Bertz CT molecular complexity index is 850. The van der Waals surface area contributed by atoms with E-state index < -0.39 is 22.8 Å². The Kier molecular flexibility index (Phi) is 5.19. The van der Waals surface area contributed by atoms with Crippen molar-refractivity contribution in [3.8, 4) is 5.88 Å². The summed E-state index contributed by atoms with van der Waals surface area (Å²) in [6, 6.07) is 2.26. The third-order valence-electron chi connectivity index (χ3n) is 4.00. The summed E-state index contributed by atoms with van der Waals surface area (Å²) in [4.78, 5) is 7.70. The number of aromatic nitrogens is 3. The van der Waals surface area contributed by atoms with E-state index in [0.29, 0.717) is 6.54 Å². The first-order valence-electron chi connectivity index (χ1n) is 7.88. The van der Waals surface area contributed by atoms with Gasteiger partial charge in [-0.3, -0.25) is 0 Å². The van der Waals surface area contributed by atoms with Gasteiger partial charge in [-0.2, -0.15) is 13.2 Å². The largest absolute Gasteiger partial charge is 0.468 e. The van der Waals surface area contributed by atoms with Gasteiger partial charge in [-0.1, -0.05) is 0 Å². The zero-order valence-corrected chi connectivity index (χ0v) is 14.4. The van der Waals surface area contributed by atoms with E-state index in [0.717, 1.165) is 37.0 Å². The summed E-state index contributed by atoms with van der Waals surface area (Å²) < 4.78 is 69.9. The fraction of sp³-hybridized carbons (Fsp3) is 0.467. The van der Waals surface area contributed by atoms with Crippen molar-refractivity contribution in [2.75, 3.05) is 13.2 Å². The summed E-state index contributed by atoms with van der Waals surface area (Å²) in [5, 5.41) is 0. The fourth-order valence-electron chi connectivity index (χ4n) is 2.68. The molecule has 11 heteroatoms. The Labute approximate surface area is 148 Å². The van der Waals surface area contributed by atoms with Gasteiger partial charge < -0.3 is 9.30 Å². The van der Waals surface area contributed by atoms with E-state index in [4.69, 9.17) is 0 Å². The van der Waals surface area contributed by atoms with Crippen LogP contribution >= 0.6 is 0 Å². The second kappa shape index (κ2) is 7.23. The number of pyridine rings is 1. The monoisotopic (exact) mass is 390 g/mol. The molecule has 3 heterocycles. The van der Waals surface area contributed by atoms with Gasteiger partial charge in [0.15, 0.2) is 6.61 Å². The minimum Gasteiger partial charge on any atom is -0.468 e. The van der Waals surface area contributed by atoms with Gasteiger partial charge in [0, 0.05) is 38.0 Å². The van der Waals surface area contributed by atoms with Crippen molar-refractivity contribution in [1.82, 2.24) is 19.3 Å². The summed E-state index contributed by atoms with van der Waals surface area (Å²) in [6.07, 6.45) is 1.68. The topological polar surface area (TPSA) is 86.1 Å². The minimum absolute atomic E-state index is 0.129. The van der Waals surface area contributed by atoms with Crippen LogP contribution in [0.5, 0.6) is 5.88 Å². The third kappa shape index (κ3) is 4.73. The van der Waals surface area contributed by atoms with Gasteiger partial charge in [0.2, 0.25) is 15.9 Å². The number of imidazole rings is 1. The number of nitrogens with zero attached hydrogens (tertiary/aromatic N) is 3. The standard InChI is InChI=1S/C15H17F3N4O3S/c16-15(17,18)10-25-14-4-2-12(8-20-14)26(23,24)21-7-11-1-3-13-19-5-6-22(13)9-11/h2,4-6,8,11,21H,1,3,7,9-10H2/t11-/m1/s1. The SMILES string of the molecule is O=S(=O)(NC[C@H]1CCc2nccn2C1)c1ccc(OCC(F)(F)F)nc1. The first-order chi connectivity index (χ1) is 12.2. The number of nitrogens with one attached hydrogen (secondary N) is 1. The molecule has 1 N–H and O–H groups in total. The molecule has 0 spiro atoms. The Hall–Kier alpha value is -2.14. The number of hydrogen-bond donors (Lipinski definition) is 1. The maximum absolute atomic E-state index is 12.3. The molecule has 142 valence electrons. The van der Waals surface area contributed by atoms with E-state index in [1.807, 2.05) is 10.8 Å². The van der Waals surface area contributed by atoms with Crippen LogP contribution in [0.2, 0.25) is 0 Å². The molecule has 1 aliphatic heterocycles. The molecule has 26 heavy (non-hydrogen) atoms. The number of halogens is 3. The van der Waals surface area contributed by atoms with Crippen LogP contribution in [0.4, 0.5) is 13.2 Å². The van der Waals surface area contributed by atoms with Gasteiger partial charge in [-0.05, 0) is 18.4 Å². The van der Waals surface area contributed by atoms with E-state index >= 15 is 0 Å². The summed E-state index contributed by atoms with van der Waals surface area (Å²) in [5.74, 6) is 0.831. The molecule has 0 amide bonds. The molecule has 2 aromatic rings. The summed E-state index contributed by atoms with van der Waals surface area (Å²) in [6.45, 7) is -0.547. The maximum atomic E-state index is 12.3. The van der Waals surface area contributed by atoms with Crippen LogP contribution in [-0.4, -0.2) is 42.3 Å². The van der Waals surface area contributed by atoms with Crippen LogP contribution < -0.4 is 9.46 Å². The first kappa shape index (κ1) is 18.6. The zero-order chi connectivity index (χ0) is 18.8. The molecule has 1 aliphatic rings. The molecule has 0 fully saturated rings. The fourth-order valence-corrected chi connectivity index (χ4v) is 3.74. The summed E-state index contributed by atoms with van der Waals surface area (Å²) in [5.41, 5.74) is 0. The first-order valence-corrected chi connectivity index (χ1v) is 9.36. The number of alkyl halides is 3. The lowest BCUT2D eigenvalue weighted by molar-refractivity contribution is -0.154. The molecule has 2 aromatic heterocycles. The van der Waals surface area contributed by atoms with Gasteiger partial charge in [-0.25, -0.2) is 23.1 Å². The van der Waals surface area contributed by atoms with Gasteiger partial charge >= 0.3 is 6.18 Å². The minimum atomic E-state index is -4.48. The second-order valence-electron chi connectivity index (χ2n) is 5.99. The average Bonchev–Trinajstić information content (AvgIpc) is 3.06. The van der Waals surface area contributed by atoms with Crippen LogP contribution in [0, 0.1) is 5.92 Å². The summed E-state index contributed by atoms with van der Waals surface area (Å²) in [7, 11) is -3.80. The highest BCUT2D eigenvalue weighted by molar-refractivity contribution is 7.89. The number of sulfonamides is 1. The quantitative estimate of drug-likeness (QED) is 0.812. The predicted octanol–water partition coefficient (Wildman–Crippen LogP) is 1.76. The van der Waals surface area contributed by atoms with Crippen molar-refractivity contribution in [2.24, 2.45) is 5.92 Å². The number of rotatable bonds is 6. The lowest BCUT2D eigenvalue weighted by Gasteiger charge is -2.23. The van der Waals surface area contributed by atoms with Crippen molar-refractivity contribution >= 4 is 10.0 Å². The highest BCUT2D eigenvalue weighted by Crippen LogP contribution is 2.20. The molecule has 3 rings (SSSR count). The van der Waals surface area contributed by atoms with Crippen LogP contribution in [-0.2, 0) is 23.0 Å². The number of ether oxygens (including phenoxy) is 1. The van der Waals surface area contributed by atoms with E-state index in [2.05, 4.69) is 19.4 Å². The maximum Gasteiger partial charge on any atom is 0.422 e. The Morgan fingerprint density at radius 1 is 1.31 bits per heavy atom. The van der Waals surface area contributed by atoms with Crippen molar-refractivity contribution < 1.29 is 26.3 Å². The van der Waals surface area contributed by atoms with Crippen LogP contribution in [0.3, 0.4) is 0 Å². The lowest BCUT2D eigenvalue weighted by atomic mass is 10.00. The molecule has 0 radical (unpaired) electrons. The Balaban J connectivity index is 1.56. The third-order valence-corrected chi connectivity index (χ3v) is 5.41. The number of fused-ring (bicyclic) bond motifs is 1. The second-order valence-corrected chi connectivity index (χ2v) is 7.76. The lowest BCUT2D eigenvalue weighted by Crippen LogP contribution is -2.33. The van der Waals surface area contributed by atoms with Gasteiger partial charge in [0.05, 0.1) is 6.20 Å². The van der Waals surface area contributed by atoms with Crippen molar-refractivity contribution in [2.45, 2.75) is 30.5 Å². The average molecular weight is 390 g/mol. The molecule has 0 aliphatic carbocycles. The molecule has 0 unspecified atom stereocenters. The van der Waals surface area contributed by atoms with E-state index in [9.17, 15) is 21.6 Å². The zero-order valence-electron chi connectivity index (χ0n) is 13.6. The number of aryl methyl sites for hydroxylation is 1. The van der Waals surface area contributed by atoms with E-state index in [-0.39, 0.29) is 23.2 Å². The highest BCUT2D eigenvalue weighted by atomic mass is 32.2. The van der Waals surface area contributed by atoms with Gasteiger partial charge in [-0.15, -0.1) is 0 Å². The van der Waals surface area contributed by atoms with Crippen LogP contribution in [0.25, 0.3) is 0 Å². The predicted molar refractivity (Wildman–Crippen MR) is 85.0 cm³/mol. The van der Waals surface area contributed by atoms with Crippen molar-refractivity contribution in [3.63, 3.8) is 0 Å². The smallest absolute Gasteiger partial charge is 0.422 e. The molecule has 0 saturated carbocycles. The summed E-state index contributed by atoms with van der Waals surface area (Å²) >= 11 is 0. The molecule has 1 atom stereocenters. The Morgan fingerprint density at radius 3 is 2.81 bits per heavy atom. The van der Waals surface area contributed by atoms with Gasteiger partial charge in [0.1, 0.15) is 10.7 Å². The normalized spacial score (nSPS) is 17.7. The number of hydrogen-bond acceptors (Lipinski definition) is 5. The molecule has 0 saturated heterocycles. The molecular formula is C15H17F3N4O3S. The van der Waals surface area contributed by atoms with Crippen molar-refractivity contribution in [3.05, 3.63) is 36.5 Å².